The van der Waals surface area contributed by atoms with Crippen LogP contribution in [-0.2, 0) is 18.9 Å². The minimum absolute atomic E-state index is 0.204. The van der Waals surface area contributed by atoms with Crippen LogP contribution >= 0.6 is 0 Å². The van der Waals surface area contributed by atoms with Gasteiger partial charge in [0, 0.05) is 0 Å². The Morgan fingerprint density at radius 2 is 1.35 bits per heavy atom. The Morgan fingerprint density at radius 1 is 0.769 bits per heavy atom. The molecule has 0 aromatic heterocycles. The largest absolute Gasteiger partial charge is 0.394 e. The Labute approximate surface area is 149 Å². The summed E-state index contributed by atoms with van der Waals surface area (Å²) in [5, 5.41) is 68.5. The minimum Gasteiger partial charge on any atom is -0.394 e. The molecule has 2 aliphatic heterocycles. The number of aliphatic hydroxyl groups excluding tert-OH is 7. The first-order chi connectivity index (χ1) is 12.3. The van der Waals surface area contributed by atoms with E-state index in [2.05, 4.69) is 5.92 Å². The highest BCUT2D eigenvalue weighted by atomic mass is 16.7. The SMILES string of the molecule is C#CCO[C@@H]1O[C@H](CO)[C@@H](O[C@H]2O[C@H](CO)[C@@H](O)[C@H](O)[C@H]2O)[C@H](O)[C@H]1O. The molecule has 150 valence electrons. The van der Waals surface area contributed by atoms with Gasteiger partial charge in [0.2, 0.25) is 0 Å². The summed E-state index contributed by atoms with van der Waals surface area (Å²) in [5.74, 6) is 2.17. The van der Waals surface area contributed by atoms with Crippen LogP contribution in [0.15, 0.2) is 0 Å². The standard InChI is InChI=1S/C15H24O11/c1-2-3-23-14-12(22)10(20)13(7(5-17)25-14)26-15-11(21)9(19)8(18)6(4-16)24-15/h1,6-22H,3-5H2/t6-,7-,8-,9+,10-,11-,12-,13-,14-,15-/m1/s1. The molecule has 0 radical (unpaired) electrons. The van der Waals surface area contributed by atoms with Crippen molar-refractivity contribution in [3.8, 4) is 12.3 Å². The topological polar surface area (TPSA) is 179 Å². The Morgan fingerprint density at radius 3 is 1.92 bits per heavy atom. The van der Waals surface area contributed by atoms with Gasteiger partial charge in [-0.25, -0.2) is 0 Å². The molecule has 0 spiro atoms. The van der Waals surface area contributed by atoms with Crippen molar-refractivity contribution in [2.45, 2.75) is 61.4 Å². The van der Waals surface area contributed by atoms with E-state index in [9.17, 15) is 35.7 Å². The van der Waals surface area contributed by atoms with Gasteiger partial charge in [-0.3, -0.25) is 0 Å². The maximum atomic E-state index is 10.3. The zero-order valence-electron chi connectivity index (χ0n) is 13.7. The lowest BCUT2D eigenvalue weighted by Crippen LogP contribution is -2.64. The number of rotatable bonds is 6. The van der Waals surface area contributed by atoms with E-state index in [0.717, 1.165) is 0 Å². The third-order valence-electron chi connectivity index (χ3n) is 4.29. The molecule has 0 bridgehead atoms. The van der Waals surface area contributed by atoms with Crippen molar-refractivity contribution < 1.29 is 54.7 Å². The second-order valence-electron chi connectivity index (χ2n) is 6.02. The monoisotopic (exact) mass is 380 g/mol. The van der Waals surface area contributed by atoms with Crippen molar-refractivity contribution in [2.24, 2.45) is 0 Å². The average molecular weight is 380 g/mol. The molecule has 26 heavy (non-hydrogen) atoms. The van der Waals surface area contributed by atoms with Crippen LogP contribution in [0.3, 0.4) is 0 Å². The highest BCUT2D eigenvalue weighted by molar-refractivity contribution is 4.94. The van der Waals surface area contributed by atoms with E-state index in [-0.39, 0.29) is 6.61 Å². The van der Waals surface area contributed by atoms with E-state index >= 15 is 0 Å². The van der Waals surface area contributed by atoms with Crippen LogP contribution in [0.2, 0.25) is 0 Å². The first-order valence-corrected chi connectivity index (χ1v) is 7.99. The predicted molar refractivity (Wildman–Crippen MR) is 81.2 cm³/mol. The Kier molecular flexibility index (Phi) is 7.71. The van der Waals surface area contributed by atoms with Crippen LogP contribution in [0.1, 0.15) is 0 Å². The first kappa shape index (κ1) is 21.4. The van der Waals surface area contributed by atoms with E-state index in [1.807, 2.05) is 0 Å². The number of hydrogen-bond acceptors (Lipinski definition) is 11. The van der Waals surface area contributed by atoms with Gasteiger partial charge >= 0.3 is 0 Å². The van der Waals surface area contributed by atoms with Crippen molar-refractivity contribution in [3.63, 3.8) is 0 Å². The third kappa shape index (κ3) is 4.33. The predicted octanol–water partition coefficient (Wildman–Crippen LogP) is -4.74. The molecule has 7 N–H and O–H groups in total. The van der Waals surface area contributed by atoms with Crippen LogP contribution < -0.4 is 0 Å². The normalized spacial score (nSPS) is 46.7. The van der Waals surface area contributed by atoms with Gasteiger partial charge in [0.25, 0.3) is 0 Å². The fourth-order valence-corrected chi connectivity index (χ4v) is 2.82. The van der Waals surface area contributed by atoms with E-state index in [1.165, 1.54) is 0 Å². The summed E-state index contributed by atoms with van der Waals surface area (Å²) < 4.78 is 20.9. The lowest BCUT2D eigenvalue weighted by atomic mass is 9.97. The van der Waals surface area contributed by atoms with Gasteiger partial charge in [-0.05, 0) is 0 Å². The highest BCUT2D eigenvalue weighted by Gasteiger charge is 2.50. The molecule has 0 aromatic carbocycles. The summed E-state index contributed by atoms with van der Waals surface area (Å²) in [6.45, 7) is -1.50. The van der Waals surface area contributed by atoms with Crippen LogP contribution in [0, 0.1) is 12.3 Å². The fourth-order valence-electron chi connectivity index (χ4n) is 2.82. The molecule has 2 rings (SSSR count). The van der Waals surface area contributed by atoms with E-state index in [0.29, 0.717) is 0 Å². The molecule has 10 atom stereocenters. The maximum absolute atomic E-state index is 10.3. The first-order valence-electron chi connectivity index (χ1n) is 7.99. The molecule has 2 heterocycles. The van der Waals surface area contributed by atoms with E-state index in [1.54, 1.807) is 0 Å². The smallest absolute Gasteiger partial charge is 0.187 e. The summed E-state index contributed by atoms with van der Waals surface area (Å²) in [6, 6.07) is 0. The number of ether oxygens (including phenoxy) is 4. The van der Waals surface area contributed by atoms with Crippen LogP contribution in [0.5, 0.6) is 0 Å². The van der Waals surface area contributed by atoms with Crippen molar-refractivity contribution in [3.05, 3.63) is 0 Å². The highest BCUT2D eigenvalue weighted by Crippen LogP contribution is 2.29. The van der Waals surface area contributed by atoms with E-state index in [4.69, 9.17) is 25.4 Å². The average Bonchev–Trinajstić information content (AvgIpc) is 2.64. The quantitative estimate of drug-likeness (QED) is 0.220. The van der Waals surface area contributed by atoms with Gasteiger partial charge < -0.3 is 54.7 Å². The summed E-state index contributed by atoms with van der Waals surface area (Å²) in [5.41, 5.74) is 0. The van der Waals surface area contributed by atoms with Gasteiger partial charge in [-0.15, -0.1) is 6.42 Å². The molecule has 11 nitrogen and oxygen atoms in total. The van der Waals surface area contributed by atoms with Crippen molar-refractivity contribution >= 4 is 0 Å². The third-order valence-corrected chi connectivity index (χ3v) is 4.29. The van der Waals surface area contributed by atoms with Gasteiger partial charge in [0.05, 0.1) is 13.2 Å². The van der Waals surface area contributed by atoms with Gasteiger partial charge in [0.15, 0.2) is 12.6 Å². The Hall–Kier alpha value is -0.880. The minimum atomic E-state index is -1.72. The second kappa shape index (κ2) is 9.36. The van der Waals surface area contributed by atoms with Crippen molar-refractivity contribution in [2.75, 3.05) is 19.8 Å². The lowest BCUT2D eigenvalue weighted by Gasteiger charge is -2.45. The zero-order valence-corrected chi connectivity index (χ0v) is 13.7. The number of hydrogen-bond donors (Lipinski definition) is 7. The molecule has 0 aromatic rings. The number of terminal acetylenes is 1. The van der Waals surface area contributed by atoms with Gasteiger partial charge in [-0.1, -0.05) is 5.92 Å². The number of aliphatic hydroxyl groups is 7. The summed E-state index contributed by atoms with van der Waals surface area (Å²) in [7, 11) is 0. The van der Waals surface area contributed by atoms with Gasteiger partial charge in [-0.2, -0.15) is 0 Å². The Bertz CT molecular complexity index is 479. The molecule has 2 fully saturated rings. The van der Waals surface area contributed by atoms with Crippen LogP contribution in [0.4, 0.5) is 0 Å². The molecule has 0 saturated carbocycles. The van der Waals surface area contributed by atoms with Crippen molar-refractivity contribution in [1.82, 2.24) is 0 Å². The van der Waals surface area contributed by atoms with E-state index < -0.39 is 74.6 Å². The molecular weight excluding hydrogens is 356 g/mol. The maximum Gasteiger partial charge on any atom is 0.187 e. The molecule has 0 amide bonds. The van der Waals surface area contributed by atoms with Crippen LogP contribution in [0.25, 0.3) is 0 Å². The lowest BCUT2D eigenvalue weighted by molar-refractivity contribution is -0.358. The molecular formula is C15H24O11. The fraction of sp³-hybridized carbons (Fsp3) is 0.867. The molecule has 2 saturated heterocycles. The zero-order chi connectivity index (χ0) is 19.4. The summed E-state index contributed by atoms with van der Waals surface area (Å²) in [4.78, 5) is 0. The Balaban J connectivity index is 2.10. The molecule has 0 unspecified atom stereocenters. The molecule has 2 aliphatic rings. The summed E-state index contributed by atoms with van der Waals surface area (Å²) in [6.07, 6.45) is -9.78. The second-order valence-corrected chi connectivity index (χ2v) is 6.02. The van der Waals surface area contributed by atoms with Crippen LogP contribution in [-0.4, -0.2) is 117 Å². The summed E-state index contributed by atoms with van der Waals surface area (Å²) >= 11 is 0. The van der Waals surface area contributed by atoms with Gasteiger partial charge in [0.1, 0.15) is 55.4 Å². The molecule has 11 heteroatoms. The molecule has 0 aliphatic carbocycles. The van der Waals surface area contributed by atoms with Crippen molar-refractivity contribution in [1.29, 1.82) is 0 Å².